The highest BCUT2D eigenvalue weighted by molar-refractivity contribution is 7.12. The lowest BCUT2D eigenvalue weighted by atomic mass is 10.1. The first-order valence-electron chi connectivity index (χ1n) is 9.76. The third-order valence-electron chi connectivity index (χ3n) is 4.57. The maximum atomic E-state index is 12.9. The summed E-state index contributed by atoms with van der Waals surface area (Å²) in [5.74, 6) is 0.127. The van der Waals surface area contributed by atoms with E-state index in [1.54, 1.807) is 43.3 Å². The molecule has 0 atom stereocenters. The Morgan fingerprint density at radius 3 is 2.61 bits per heavy atom. The Morgan fingerprint density at radius 2 is 1.90 bits per heavy atom. The van der Waals surface area contributed by atoms with Crippen molar-refractivity contribution in [3.8, 4) is 11.5 Å². The second-order valence-corrected chi connectivity index (χ2v) is 7.65. The average molecular weight is 433 g/mol. The quantitative estimate of drug-likeness (QED) is 0.306. The smallest absolute Gasteiger partial charge is 0.353 e. The lowest BCUT2D eigenvalue weighted by molar-refractivity contribution is -0.114. The molecule has 1 amide bonds. The zero-order valence-corrected chi connectivity index (χ0v) is 17.9. The van der Waals surface area contributed by atoms with Crippen molar-refractivity contribution in [1.82, 2.24) is 0 Å². The highest BCUT2D eigenvalue weighted by Gasteiger charge is 2.28. The first-order valence-corrected chi connectivity index (χ1v) is 10.6. The largest absolute Gasteiger partial charge is 0.490 e. The molecule has 7 heteroatoms. The molecule has 0 aliphatic carbocycles. The summed E-state index contributed by atoms with van der Waals surface area (Å²) in [5, 5.41) is 7.60. The summed E-state index contributed by atoms with van der Waals surface area (Å²) in [7, 11) is 0. The van der Waals surface area contributed by atoms with Crippen molar-refractivity contribution in [3.05, 3.63) is 82.1 Å². The van der Waals surface area contributed by atoms with Gasteiger partial charge < -0.3 is 9.47 Å². The summed E-state index contributed by atoms with van der Waals surface area (Å²) in [4.78, 5) is 25.7. The molecule has 0 unspecified atom stereocenters. The monoisotopic (exact) mass is 432 g/mol. The fraction of sp³-hybridized carbons (Fsp3) is 0.125. The molecule has 0 fully saturated rings. The van der Waals surface area contributed by atoms with Gasteiger partial charge in [0.25, 0.3) is 5.91 Å². The molecule has 4 rings (SSSR count). The number of nitrogens with zero attached hydrogens (tertiary/aromatic N) is 2. The molecule has 0 saturated heterocycles. The number of carbonyl (C=O) groups is 2. The minimum atomic E-state index is -0.436. The lowest BCUT2D eigenvalue weighted by Gasteiger charge is -2.12. The van der Waals surface area contributed by atoms with Crippen molar-refractivity contribution in [1.29, 1.82) is 0 Å². The van der Waals surface area contributed by atoms with Crippen LogP contribution in [0.1, 0.15) is 29.1 Å². The second-order valence-electron chi connectivity index (χ2n) is 6.70. The van der Waals surface area contributed by atoms with Crippen LogP contribution in [-0.2, 0) is 4.79 Å². The van der Waals surface area contributed by atoms with Gasteiger partial charge in [-0.25, -0.2) is 4.79 Å². The van der Waals surface area contributed by atoms with E-state index in [1.165, 1.54) is 16.3 Å². The van der Waals surface area contributed by atoms with Crippen molar-refractivity contribution in [2.75, 3.05) is 11.6 Å². The van der Waals surface area contributed by atoms with Crippen molar-refractivity contribution >= 4 is 40.7 Å². The van der Waals surface area contributed by atoms with Crippen LogP contribution in [0.5, 0.6) is 11.5 Å². The maximum Gasteiger partial charge on any atom is 0.353 e. The average Bonchev–Trinajstić information content (AvgIpc) is 3.41. The number of amides is 1. The number of carbonyl (C=O) groups excluding carboxylic acids is 2. The van der Waals surface area contributed by atoms with Crippen LogP contribution in [0.4, 0.5) is 5.69 Å². The van der Waals surface area contributed by atoms with Crippen LogP contribution in [0.25, 0.3) is 6.08 Å². The Balaban J connectivity index is 1.60. The number of rotatable bonds is 6. The molecule has 0 spiro atoms. The van der Waals surface area contributed by atoms with Crippen molar-refractivity contribution in [2.24, 2.45) is 5.10 Å². The van der Waals surface area contributed by atoms with E-state index >= 15 is 0 Å². The standard InChI is InChI=1S/C24H20N2O4S/c1-3-29-21-15-17(11-12-20(21)30-24(28)22-10-7-13-31-22)14-19-16(2)25-26(23(19)27)18-8-5-4-6-9-18/h4-15H,3H2,1-2H3. The van der Waals surface area contributed by atoms with Crippen LogP contribution in [0, 0.1) is 0 Å². The molecule has 2 aromatic carbocycles. The molecule has 3 aromatic rings. The maximum absolute atomic E-state index is 12.9. The van der Waals surface area contributed by atoms with E-state index in [4.69, 9.17) is 9.47 Å². The molecule has 0 saturated carbocycles. The minimum Gasteiger partial charge on any atom is -0.490 e. The molecular weight excluding hydrogens is 412 g/mol. The number of thiophene rings is 1. The van der Waals surface area contributed by atoms with Gasteiger partial charge in [-0.1, -0.05) is 30.3 Å². The summed E-state index contributed by atoms with van der Waals surface area (Å²) < 4.78 is 11.2. The Morgan fingerprint density at radius 1 is 1.10 bits per heavy atom. The predicted octanol–water partition coefficient (Wildman–Crippen LogP) is 5.17. The van der Waals surface area contributed by atoms with Crippen molar-refractivity contribution < 1.29 is 19.1 Å². The highest BCUT2D eigenvalue weighted by Crippen LogP contribution is 2.32. The topological polar surface area (TPSA) is 68.2 Å². The first kappa shape index (κ1) is 20.6. The van der Waals surface area contributed by atoms with Crippen LogP contribution >= 0.6 is 11.3 Å². The van der Waals surface area contributed by atoms with Crippen LogP contribution in [0.3, 0.4) is 0 Å². The molecule has 2 heterocycles. The Hall–Kier alpha value is -3.71. The molecule has 156 valence electrons. The van der Waals surface area contributed by atoms with Crippen LogP contribution in [0.15, 0.2) is 76.7 Å². The number of para-hydroxylation sites is 1. The Kier molecular flexibility index (Phi) is 5.95. The van der Waals surface area contributed by atoms with Crippen LogP contribution < -0.4 is 14.5 Å². The molecule has 0 radical (unpaired) electrons. The van der Waals surface area contributed by atoms with Gasteiger partial charge in [-0.2, -0.15) is 10.1 Å². The number of hydrogen-bond acceptors (Lipinski definition) is 6. The van der Waals surface area contributed by atoms with Gasteiger partial charge in [-0.05, 0) is 61.2 Å². The number of ether oxygens (including phenoxy) is 2. The summed E-state index contributed by atoms with van der Waals surface area (Å²) in [6.07, 6.45) is 1.76. The fourth-order valence-corrected chi connectivity index (χ4v) is 3.71. The third-order valence-corrected chi connectivity index (χ3v) is 5.42. The van der Waals surface area contributed by atoms with E-state index in [1.807, 2.05) is 42.6 Å². The molecule has 1 aliphatic heterocycles. The summed E-state index contributed by atoms with van der Waals surface area (Å²) in [5.41, 5.74) is 2.57. The number of anilines is 1. The predicted molar refractivity (Wildman–Crippen MR) is 122 cm³/mol. The van der Waals surface area contributed by atoms with Gasteiger partial charge in [-0.3, -0.25) is 4.79 Å². The van der Waals surface area contributed by atoms with Gasteiger partial charge in [0.05, 0.1) is 23.6 Å². The number of esters is 1. The molecule has 6 nitrogen and oxygen atoms in total. The normalized spacial score (nSPS) is 14.6. The number of benzene rings is 2. The molecule has 31 heavy (non-hydrogen) atoms. The van der Waals surface area contributed by atoms with E-state index in [0.29, 0.717) is 40.0 Å². The SMILES string of the molecule is CCOc1cc(C=C2C(=O)N(c3ccccc3)N=C2C)ccc1OC(=O)c1cccs1. The van der Waals surface area contributed by atoms with E-state index in [2.05, 4.69) is 5.10 Å². The van der Waals surface area contributed by atoms with Gasteiger partial charge >= 0.3 is 5.97 Å². The third kappa shape index (κ3) is 4.41. The Labute approximate surface area is 184 Å². The van der Waals surface area contributed by atoms with Gasteiger partial charge in [0, 0.05) is 0 Å². The molecule has 0 bridgehead atoms. The zero-order chi connectivity index (χ0) is 21.8. The van der Waals surface area contributed by atoms with Crippen molar-refractivity contribution in [2.45, 2.75) is 13.8 Å². The summed E-state index contributed by atoms with van der Waals surface area (Å²) in [6, 6.07) is 18.0. The highest BCUT2D eigenvalue weighted by atomic mass is 32.1. The van der Waals surface area contributed by atoms with Crippen molar-refractivity contribution in [3.63, 3.8) is 0 Å². The summed E-state index contributed by atoms with van der Waals surface area (Å²) >= 11 is 1.31. The fourth-order valence-electron chi connectivity index (χ4n) is 3.11. The minimum absolute atomic E-state index is 0.199. The number of hydrogen-bond donors (Lipinski definition) is 0. The van der Waals surface area contributed by atoms with E-state index in [9.17, 15) is 9.59 Å². The van der Waals surface area contributed by atoms with Crippen LogP contribution in [0.2, 0.25) is 0 Å². The van der Waals surface area contributed by atoms with E-state index in [-0.39, 0.29) is 5.91 Å². The molecular formula is C24H20N2O4S. The lowest BCUT2D eigenvalue weighted by Crippen LogP contribution is -2.21. The van der Waals surface area contributed by atoms with E-state index in [0.717, 1.165) is 5.56 Å². The first-order chi connectivity index (χ1) is 15.1. The van der Waals surface area contributed by atoms with Gasteiger partial charge in [-0.15, -0.1) is 11.3 Å². The molecule has 0 N–H and O–H groups in total. The summed E-state index contributed by atoms with van der Waals surface area (Å²) in [6.45, 7) is 4.06. The zero-order valence-electron chi connectivity index (χ0n) is 17.1. The second kappa shape index (κ2) is 8.97. The van der Waals surface area contributed by atoms with Gasteiger partial charge in [0.1, 0.15) is 4.88 Å². The Bertz CT molecular complexity index is 1170. The van der Waals surface area contributed by atoms with Gasteiger partial charge in [0.15, 0.2) is 11.5 Å². The molecule has 1 aromatic heterocycles. The van der Waals surface area contributed by atoms with Crippen LogP contribution in [-0.4, -0.2) is 24.2 Å². The van der Waals surface area contributed by atoms with Gasteiger partial charge in [0.2, 0.25) is 0 Å². The van der Waals surface area contributed by atoms with E-state index < -0.39 is 5.97 Å². The molecule has 1 aliphatic rings. The number of hydrazone groups is 1.